The van der Waals surface area contributed by atoms with Crippen LogP contribution in [-0.4, -0.2) is 36.0 Å². The van der Waals surface area contributed by atoms with Crippen molar-refractivity contribution < 1.29 is 9.53 Å². The summed E-state index contributed by atoms with van der Waals surface area (Å²) in [5, 5.41) is 3.41. The van der Waals surface area contributed by atoms with Crippen molar-refractivity contribution in [2.24, 2.45) is 0 Å². The Hall–Kier alpha value is -3.38. The molecule has 0 fully saturated rings. The van der Waals surface area contributed by atoms with Crippen LogP contribution in [0.1, 0.15) is 50.2 Å². The molecule has 184 valence electrons. The van der Waals surface area contributed by atoms with Gasteiger partial charge in [-0.05, 0) is 73.0 Å². The van der Waals surface area contributed by atoms with Gasteiger partial charge in [0.15, 0.2) is 0 Å². The molecule has 0 saturated carbocycles. The number of hydrogen-bond acceptors (Lipinski definition) is 5. The second-order valence-electron chi connectivity index (χ2n) is 9.18. The van der Waals surface area contributed by atoms with Crippen LogP contribution in [-0.2, 0) is 17.9 Å². The van der Waals surface area contributed by atoms with E-state index in [0.29, 0.717) is 0 Å². The van der Waals surface area contributed by atoms with Crippen LogP contribution in [0.5, 0.6) is 5.75 Å². The van der Waals surface area contributed by atoms with Gasteiger partial charge >= 0.3 is 0 Å². The average molecular weight is 473 g/mol. The molecule has 4 rings (SSSR count). The lowest BCUT2D eigenvalue weighted by atomic mass is 10.1. The van der Waals surface area contributed by atoms with Crippen molar-refractivity contribution in [2.75, 3.05) is 30.4 Å². The normalized spacial score (nSPS) is 15.4. The van der Waals surface area contributed by atoms with E-state index < -0.39 is 0 Å². The summed E-state index contributed by atoms with van der Waals surface area (Å²) >= 11 is 0. The highest BCUT2D eigenvalue weighted by Crippen LogP contribution is 2.29. The lowest BCUT2D eigenvalue weighted by Crippen LogP contribution is -2.32. The molecule has 0 bridgehead atoms. The van der Waals surface area contributed by atoms with Crippen LogP contribution >= 0.6 is 0 Å². The minimum atomic E-state index is 0.0930. The minimum absolute atomic E-state index is 0.0930. The first kappa shape index (κ1) is 24.7. The Balaban J connectivity index is 1.65. The van der Waals surface area contributed by atoms with Gasteiger partial charge < -0.3 is 15.0 Å². The predicted molar refractivity (Wildman–Crippen MR) is 142 cm³/mol. The number of ether oxygens (including phenoxy) is 1. The van der Waals surface area contributed by atoms with Gasteiger partial charge in [0, 0.05) is 44.1 Å². The molecule has 0 aliphatic carbocycles. The molecule has 1 amide bonds. The number of anilines is 3. The van der Waals surface area contributed by atoms with E-state index in [-0.39, 0.29) is 5.91 Å². The maximum atomic E-state index is 12.7. The summed E-state index contributed by atoms with van der Waals surface area (Å²) < 4.78 is 5.33. The first-order valence-corrected chi connectivity index (χ1v) is 12.6. The topological polar surface area (TPSA) is 57.7 Å². The Labute approximate surface area is 208 Å². The number of pyridine rings is 1. The van der Waals surface area contributed by atoms with E-state index in [9.17, 15) is 4.79 Å². The Morgan fingerprint density at radius 3 is 2.46 bits per heavy atom. The van der Waals surface area contributed by atoms with Crippen LogP contribution in [0, 0.1) is 0 Å². The molecule has 0 spiro atoms. The standard InChI is InChI=1S/C29H36N4O2/c1-23(34)33-19-9-5-3-4-8-18-32(21-24-11-14-27(35-2)15-12-24)22-25-20-26(13-16-28(25)33)31-29-10-6-7-17-30-29/h6-7,10-17,20H,3-5,8-9,18-19,21-22H2,1-2H3,(H,30,31). The molecule has 1 aromatic heterocycles. The van der Waals surface area contributed by atoms with Crippen molar-refractivity contribution in [1.29, 1.82) is 0 Å². The van der Waals surface area contributed by atoms with Gasteiger partial charge in [-0.3, -0.25) is 9.69 Å². The van der Waals surface area contributed by atoms with Gasteiger partial charge in [-0.2, -0.15) is 0 Å². The summed E-state index contributed by atoms with van der Waals surface area (Å²) in [6.07, 6.45) is 7.56. The predicted octanol–water partition coefficient (Wildman–Crippen LogP) is 6.15. The number of methoxy groups -OCH3 is 1. The summed E-state index contributed by atoms with van der Waals surface area (Å²) in [4.78, 5) is 21.5. The minimum Gasteiger partial charge on any atom is -0.497 e. The number of hydrogen-bond donors (Lipinski definition) is 1. The van der Waals surface area contributed by atoms with Gasteiger partial charge in [0.05, 0.1) is 7.11 Å². The summed E-state index contributed by atoms with van der Waals surface area (Å²) in [5.74, 6) is 1.77. The highest BCUT2D eigenvalue weighted by atomic mass is 16.5. The number of aromatic nitrogens is 1. The van der Waals surface area contributed by atoms with Crippen LogP contribution in [0.25, 0.3) is 0 Å². The third kappa shape index (κ3) is 7.06. The van der Waals surface area contributed by atoms with E-state index >= 15 is 0 Å². The van der Waals surface area contributed by atoms with E-state index in [1.807, 2.05) is 41.3 Å². The second-order valence-corrected chi connectivity index (χ2v) is 9.18. The number of nitrogens with one attached hydrogen (secondary N) is 1. The molecular weight excluding hydrogens is 436 g/mol. The van der Waals surface area contributed by atoms with Crippen molar-refractivity contribution >= 4 is 23.1 Å². The first-order valence-electron chi connectivity index (χ1n) is 12.6. The van der Waals surface area contributed by atoms with Crippen molar-refractivity contribution in [2.45, 2.75) is 52.1 Å². The Morgan fingerprint density at radius 2 is 1.74 bits per heavy atom. The Kier molecular flexibility index (Phi) is 8.74. The zero-order valence-electron chi connectivity index (χ0n) is 20.9. The van der Waals surface area contributed by atoms with E-state index in [4.69, 9.17) is 4.74 Å². The molecule has 35 heavy (non-hydrogen) atoms. The molecular formula is C29H36N4O2. The highest BCUT2D eigenvalue weighted by Gasteiger charge is 2.19. The maximum Gasteiger partial charge on any atom is 0.223 e. The van der Waals surface area contributed by atoms with Gasteiger partial charge in [-0.1, -0.05) is 37.5 Å². The molecule has 2 aromatic carbocycles. The third-order valence-corrected chi connectivity index (χ3v) is 6.50. The fraction of sp³-hybridized carbons (Fsp3) is 0.379. The molecule has 2 heterocycles. The maximum absolute atomic E-state index is 12.7. The van der Waals surface area contributed by atoms with Crippen molar-refractivity contribution in [3.8, 4) is 5.75 Å². The van der Waals surface area contributed by atoms with E-state index in [2.05, 4.69) is 39.5 Å². The molecule has 3 aromatic rings. The lowest BCUT2D eigenvalue weighted by molar-refractivity contribution is -0.116. The van der Waals surface area contributed by atoms with Crippen LogP contribution in [0.4, 0.5) is 17.2 Å². The van der Waals surface area contributed by atoms with E-state index in [1.165, 1.54) is 24.8 Å². The molecule has 0 atom stereocenters. The summed E-state index contributed by atoms with van der Waals surface area (Å²) in [6, 6.07) is 20.4. The lowest BCUT2D eigenvalue weighted by Gasteiger charge is -2.29. The molecule has 1 aliphatic heterocycles. The highest BCUT2D eigenvalue weighted by molar-refractivity contribution is 5.92. The Bertz CT molecular complexity index is 1090. The fourth-order valence-electron chi connectivity index (χ4n) is 4.67. The molecule has 0 unspecified atom stereocenters. The van der Waals surface area contributed by atoms with Gasteiger partial charge in [-0.25, -0.2) is 4.98 Å². The largest absolute Gasteiger partial charge is 0.497 e. The monoisotopic (exact) mass is 472 g/mol. The van der Waals surface area contributed by atoms with Gasteiger partial charge in [0.2, 0.25) is 5.91 Å². The summed E-state index contributed by atoms with van der Waals surface area (Å²) in [7, 11) is 1.69. The number of rotatable bonds is 5. The third-order valence-electron chi connectivity index (χ3n) is 6.50. The number of fused-ring (bicyclic) bond motifs is 1. The van der Waals surface area contributed by atoms with Gasteiger partial charge in [0.1, 0.15) is 11.6 Å². The Morgan fingerprint density at radius 1 is 0.971 bits per heavy atom. The van der Waals surface area contributed by atoms with Crippen LogP contribution in [0.15, 0.2) is 66.9 Å². The quantitative estimate of drug-likeness (QED) is 0.482. The van der Waals surface area contributed by atoms with Crippen LogP contribution < -0.4 is 15.0 Å². The molecule has 1 aliphatic rings. The van der Waals surface area contributed by atoms with Gasteiger partial charge in [-0.15, -0.1) is 0 Å². The average Bonchev–Trinajstić information content (AvgIpc) is 2.86. The number of carbonyl (C=O) groups excluding carboxylic acids is 1. The van der Waals surface area contributed by atoms with E-state index in [0.717, 1.165) is 67.5 Å². The van der Waals surface area contributed by atoms with Crippen LogP contribution in [0.2, 0.25) is 0 Å². The van der Waals surface area contributed by atoms with Crippen molar-refractivity contribution in [3.63, 3.8) is 0 Å². The first-order chi connectivity index (χ1) is 17.1. The smallest absolute Gasteiger partial charge is 0.223 e. The summed E-state index contributed by atoms with van der Waals surface area (Å²) in [6.45, 7) is 5.06. The second kappa shape index (κ2) is 12.4. The number of nitrogens with zero attached hydrogens (tertiary/aromatic N) is 3. The molecule has 1 N–H and O–H groups in total. The van der Waals surface area contributed by atoms with Crippen LogP contribution in [0.3, 0.4) is 0 Å². The van der Waals surface area contributed by atoms with E-state index in [1.54, 1.807) is 20.2 Å². The molecule has 0 saturated heterocycles. The van der Waals surface area contributed by atoms with Gasteiger partial charge in [0.25, 0.3) is 0 Å². The molecule has 0 radical (unpaired) electrons. The zero-order valence-corrected chi connectivity index (χ0v) is 20.9. The zero-order chi connectivity index (χ0) is 24.5. The molecule has 6 heteroatoms. The number of amides is 1. The SMILES string of the molecule is COc1ccc(CN2CCCCCCCN(C(C)=O)c3ccc(Nc4ccccn4)cc3C2)cc1. The number of carbonyl (C=O) groups is 1. The van der Waals surface area contributed by atoms with Crippen molar-refractivity contribution in [1.82, 2.24) is 9.88 Å². The fourth-order valence-corrected chi connectivity index (χ4v) is 4.67. The summed E-state index contributed by atoms with van der Waals surface area (Å²) in [5.41, 5.74) is 4.38. The molecule has 6 nitrogen and oxygen atoms in total. The van der Waals surface area contributed by atoms with Crippen molar-refractivity contribution in [3.05, 3.63) is 78.0 Å². The number of benzene rings is 2.